The molecule has 3 atom stereocenters. The Labute approximate surface area is 217 Å². The SMILES string of the molecule is O=C(O)[C@@H](CC1CCC1)N1C[C@H](CN2CCC(c3cnc4cccnn34)CC2)[C@@H](c2cccc(F)c2)C1. The second-order valence-corrected chi connectivity index (χ2v) is 11.3. The molecule has 37 heavy (non-hydrogen) atoms. The van der Waals surface area contributed by atoms with Crippen LogP contribution in [0.3, 0.4) is 0 Å². The number of rotatable bonds is 8. The van der Waals surface area contributed by atoms with Gasteiger partial charge in [0.05, 0.1) is 11.9 Å². The molecule has 6 rings (SSSR count). The lowest BCUT2D eigenvalue weighted by Crippen LogP contribution is -2.43. The number of nitrogens with zero attached hydrogens (tertiary/aromatic N) is 5. The van der Waals surface area contributed by atoms with Crippen LogP contribution < -0.4 is 0 Å². The molecule has 0 radical (unpaired) electrons. The third-order valence-corrected chi connectivity index (χ3v) is 9.06. The summed E-state index contributed by atoms with van der Waals surface area (Å²) in [6, 6.07) is 10.4. The van der Waals surface area contributed by atoms with Gasteiger partial charge in [0.25, 0.3) is 0 Å². The minimum absolute atomic E-state index is 0.139. The number of hydrogen-bond acceptors (Lipinski definition) is 5. The Kier molecular flexibility index (Phi) is 6.95. The highest BCUT2D eigenvalue weighted by molar-refractivity contribution is 5.73. The zero-order valence-electron chi connectivity index (χ0n) is 21.3. The van der Waals surface area contributed by atoms with Crippen LogP contribution in [-0.2, 0) is 4.79 Å². The van der Waals surface area contributed by atoms with Crippen molar-refractivity contribution in [1.82, 2.24) is 24.4 Å². The summed E-state index contributed by atoms with van der Waals surface area (Å²) in [6.45, 7) is 4.32. The van der Waals surface area contributed by atoms with Crippen LogP contribution in [0.15, 0.2) is 48.8 Å². The summed E-state index contributed by atoms with van der Waals surface area (Å²) >= 11 is 0. The quantitative estimate of drug-likeness (QED) is 0.489. The first kappa shape index (κ1) is 24.5. The lowest BCUT2D eigenvalue weighted by Gasteiger charge is -2.34. The summed E-state index contributed by atoms with van der Waals surface area (Å²) in [5.41, 5.74) is 3.06. The molecule has 3 fully saturated rings. The predicted octanol–water partition coefficient (Wildman–Crippen LogP) is 4.41. The number of aliphatic carboxylic acids is 1. The van der Waals surface area contributed by atoms with Crippen molar-refractivity contribution in [2.45, 2.75) is 56.4 Å². The lowest BCUT2D eigenvalue weighted by atomic mass is 9.80. The van der Waals surface area contributed by atoms with Crippen LogP contribution in [-0.4, -0.2) is 74.2 Å². The van der Waals surface area contributed by atoms with Crippen molar-refractivity contribution in [3.63, 3.8) is 0 Å². The van der Waals surface area contributed by atoms with Gasteiger partial charge in [-0.2, -0.15) is 5.10 Å². The Bertz CT molecular complexity index is 1240. The fraction of sp³-hybridized carbons (Fsp3) is 0.552. The van der Waals surface area contributed by atoms with Crippen molar-refractivity contribution in [3.8, 4) is 0 Å². The van der Waals surface area contributed by atoms with E-state index in [2.05, 4.69) is 19.9 Å². The van der Waals surface area contributed by atoms with Gasteiger partial charge in [0.2, 0.25) is 0 Å². The average Bonchev–Trinajstić information content (AvgIpc) is 3.48. The molecule has 1 saturated carbocycles. The van der Waals surface area contributed by atoms with Crippen LogP contribution in [0.5, 0.6) is 0 Å². The van der Waals surface area contributed by atoms with E-state index in [9.17, 15) is 14.3 Å². The number of carboxylic acids is 1. The molecule has 0 bridgehead atoms. The van der Waals surface area contributed by atoms with Crippen molar-refractivity contribution in [2.75, 3.05) is 32.7 Å². The smallest absolute Gasteiger partial charge is 0.320 e. The van der Waals surface area contributed by atoms with E-state index < -0.39 is 12.0 Å². The summed E-state index contributed by atoms with van der Waals surface area (Å²) in [5.74, 6) is 0.438. The van der Waals surface area contributed by atoms with Gasteiger partial charge in [-0.05, 0) is 74.0 Å². The van der Waals surface area contributed by atoms with Gasteiger partial charge in [-0.1, -0.05) is 31.4 Å². The van der Waals surface area contributed by atoms with Crippen molar-refractivity contribution in [3.05, 3.63) is 65.9 Å². The number of likely N-dealkylation sites (tertiary alicyclic amines) is 2. The van der Waals surface area contributed by atoms with E-state index in [1.54, 1.807) is 18.3 Å². The first-order chi connectivity index (χ1) is 18.0. The Morgan fingerprint density at radius 1 is 1.11 bits per heavy atom. The number of benzene rings is 1. The monoisotopic (exact) mass is 505 g/mol. The molecule has 8 heteroatoms. The van der Waals surface area contributed by atoms with Crippen LogP contribution in [0.25, 0.3) is 5.65 Å². The molecule has 1 aromatic carbocycles. The van der Waals surface area contributed by atoms with Gasteiger partial charge < -0.3 is 10.0 Å². The maximum absolute atomic E-state index is 14.2. The van der Waals surface area contributed by atoms with E-state index in [1.165, 1.54) is 18.2 Å². The van der Waals surface area contributed by atoms with Gasteiger partial charge in [0.1, 0.15) is 11.9 Å². The van der Waals surface area contributed by atoms with Crippen molar-refractivity contribution < 1.29 is 14.3 Å². The van der Waals surface area contributed by atoms with Crippen molar-refractivity contribution in [1.29, 1.82) is 0 Å². The van der Waals surface area contributed by atoms with Gasteiger partial charge in [-0.25, -0.2) is 13.9 Å². The number of fused-ring (bicyclic) bond motifs is 1. The Morgan fingerprint density at radius 2 is 1.95 bits per heavy atom. The summed E-state index contributed by atoms with van der Waals surface area (Å²) in [6.07, 6.45) is 10.1. The molecule has 3 aromatic rings. The largest absolute Gasteiger partial charge is 0.480 e. The highest BCUT2D eigenvalue weighted by Gasteiger charge is 2.41. The van der Waals surface area contributed by atoms with Gasteiger partial charge >= 0.3 is 5.97 Å². The molecule has 0 spiro atoms. The molecule has 0 amide bonds. The van der Waals surface area contributed by atoms with Crippen molar-refractivity contribution >= 4 is 11.6 Å². The van der Waals surface area contributed by atoms with Gasteiger partial charge in [-0.15, -0.1) is 0 Å². The molecule has 2 aliphatic heterocycles. The van der Waals surface area contributed by atoms with Crippen LogP contribution in [0.4, 0.5) is 4.39 Å². The minimum atomic E-state index is -0.715. The summed E-state index contributed by atoms with van der Waals surface area (Å²) in [5, 5.41) is 14.6. The molecule has 1 aliphatic carbocycles. The molecule has 4 heterocycles. The predicted molar refractivity (Wildman–Crippen MR) is 139 cm³/mol. The molecule has 0 unspecified atom stereocenters. The standard InChI is InChI=1S/C29H36FN5O2/c30-24-7-2-6-22(15-24)25-19-34(26(29(36)37)14-20-4-1-5-20)18-23(25)17-33-12-9-21(10-13-33)27-16-31-28-8-3-11-32-35(27)28/h2-3,6-8,11,15-16,20-21,23,25-26H,1,4-5,9-10,12-14,17-19H2,(H,36,37)/t23-,25+,26+/m0/s1. The minimum Gasteiger partial charge on any atom is -0.480 e. The van der Waals surface area contributed by atoms with Crippen LogP contribution >= 0.6 is 0 Å². The van der Waals surface area contributed by atoms with Gasteiger partial charge in [0, 0.05) is 37.7 Å². The van der Waals surface area contributed by atoms with Gasteiger partial charge in [-0.3, -0.25) is 9.69 Å². The van der Waals surface area contributed by atoms with Gasteiger partial charge in [0.15, 0.2) is 5.65 Å². The molecule has 3 aliphatic rings. The van der Waals surface area contributed by atoms with Crippen LogP contribution in [0, 0.1) is 17.7 Å². The maximum Gasteiger partial charge on any atom is 0.320 e. The van der Waals surface area contributed by atoms with E-state index in [1.807, 2.05) is 28.9 Å². The third-order valence-electron chi connectivity index (χ3n) is 9.06. The van der Waals surface area contributed by atoms with Crippen molar-refractivity contribution in [2.24, 2.45) is 11.8 Å². The zero-order chi connectivity index (χ0) is 25.4. The van der Waals surface area contributed by atoms with Crippen LogP contribution in [0.2, 0.25) is 0 Å². The maximum atomic E-state index is 14.2. The Hall–Kier alpha value is -2.84. The number of hydrogen-bond donors (Lipinski definition) is 1. The zero-order valence-corrected chi connectivity index (χ0v) is 21.3. The second kappa shape index (κ2) is 10.5. The number of halogens is 1. The molecule has 1 N–H and O–H groups in total. The van der Waals surface area contributed by atoms with E-state index >= 15 is 0 Å². The van der Waals surface area contributed by atoms with E-state index in [-0.39, 0.29) is 17.7 Å². The number of carboxylic acid groups (broad SMARTS) is 1. The Morgan fingerprint density at radius 3 is 2.68 bits per heavy atom. The number of carbonyl (C=O) groups is 1. The number of piperidine rings is 1. The van der Waals surface area contributed by atoms with E-state index in [0.717, 1.165) is 69.5 Å². The van der Waals surface area contributed by atoms with E-state index in [4.69, 9.17) is 0 Å². The van der Waals surface area contributed by atoms with Crippen LogP contribution in [0.1, 0.15) is 61.6 Å². The molecule has 196 valence electrons. The molecule has 7 nitrogen and oxygen atoms in total. The summed E-state index contributed by atoms with van der Waals surface area (Å²) in [7, 11) is 0. The summed E-state index contributed by atoms with van der Waals surface area (Å²) < 4.78 is 16.1. The number of aromatic nitrogens is 3. The topological polar surface area (TPSA) is 74.0 Å². The molecular formula is C29H36FN5O2. The fourth-order valence-corrected chi connectivity index (χ4v) is 6.78. The fourth-order valence-electron chi connectivity index (χ4n) is 6.78. The highest BCUT2D eigenvalue weighted by atomic mass is 19.1. The average molecular weight is 506 g/mol. The third kappa shape index (κ3) is 5.14. The second-order valence-electron chi connectivity index (χ2n) is 11.3. The molecular weight excluding hydrogens is 469 g/mol. The van der Waals surface area contributed by atoms with E-state index in [0.29, 0.717) is 18.4 Å². The molecule has 2 aromatic heterocycles. The number of imidazole rings is 1. The first-order valence-corrected chi connectivity index (χ1v) is 13.8. The Balaban J connectivity index is 1.15. The molecule has 2 saturated heterocycles. The summed E-state index contributed by atoms with van der Waals surface area (Å²) in [4.78, 5) is 21.5. The highest BCUT2D eigenvalue weighted by Crippen LogP contribution is 2.39. The first-order valence-electron chi connectivity index (χ1n) is 13.8. The lowest BCUT2D eigenvalue weighted by molar-refractivity contribution is -0.144. The normalized spacial score (nSPS) is 24.9.